The van der Waals surface area contributed by atoms with E-state index in [4.69, 9.17) is 0 Å². The van der Waals surface area contributed by atoms with Gasteiger partial charge in [-0.15, -0.1) is 0 Å². The topological polar surface area (TPSA) is 35.5 Å². The first-order valence-electron chi connectivity index (χ1n) is 7.65. The molecule has 0 aliphatic heterocycles. The molecule has 110 valence electrons. The number of hydrogen-bond donors (Lipinski definition) is 2. The molecule has 1 unspecified atom stereocenters. The Hall–Kier alpha value is -0.120. The van der Waals surface area contributed by atoms with E-state index >= 15 is 0 Å². The Bertz CT molecular complexity index is 191. The maximum Gasteiger partial charge on any atom is 0.0613 e. The first kappa shape index (κ1) is 17.9. The zero-order valence-electron chi connectivity index (χ0n) is 13.1. The van der Waals surface area contributed by atoms with Gasteiger partial charge in [0.05, 0.1) is 6.61 Å². The highest BCUT2D eigenvalue weighted by Crippen LogP contribution is 2.17. The Morgan fingerprint density at radius 3 is 2.28 bits per heavy atom. The fraction of sp³-hybridized carbons (Fsp3) is 1.00. The molecule has 0 radical (unpaired) electrons. The number of nitrogens with one attached hydrogen (secondary N) is 1. The summed E-state index contributed by atoms with van der Waals surface area (Å²) in [4.78, 5) is 2.48. The van der Waals surface area contributed by atoms with Crippen LogP contribution in [0.15, 0.2) is 0 Å². The van der Waals surface area contributed by atoms with Crippen molar-refractivity contribution in [1.29, 1.82) is 0 Å². The Kier molecular flexibility index (Phi) is 9.70. The quantitative estimate of drug-likeness (QED) is 0.598. The summed E-state index contributed by atoms with van der Waals surface area (Å²) in [5, 5.41) is 13.2. The van der Waals surface area contributed by atoms with Gasteiger partial charge < -0.3 is 15.3 Å². The first-order valence-corrected chi connectivity index (χ1v) is 7.65. The molecule has 0 saturated carbocycles. The van der Waals surface area contributed by atoms with E-state index in [1.165, 1.54) is 0 Å². The molecule has 1 atom stereocenters. The summed E-state index contributed by atoms with van der Waals surface area (Å²) in [7, 11) is 0. The lowest BCUT2D eigenvalue weighted by Gasteiger charge is -2.33. The molecule has 0 aliphatic carbocycles. The largest absolute Gasteiger partial charge is 0.394 e. The Labute approximate surface area is 114 Å². The molecule has 0 aromatic heterocycles. The van der Waals surface area contributed by atoms with Gasteiger partial charge in [0.2, 0.25) is 0 Å². The monoisotopic (exact) mass is 258 g/mol. The van der Waals surface area contributed by atoms with Gasteiger partial charge in [-0.1, -0.05) is 20.8 Å². The second-order valence-electron chi connectivity index (χ2n) is 5.54. The maximum absolute atomic E-state index is 9.66. The smallest absolute Gasteiger partial charge is 0.0613 e. The van der Waals surface area contributed by atoms with Gasteiger partial charge in [-0.25, -0.2) is 0 Å². The lowest BCUT2D eigenvalue weighted by molar-refractivity contribution is 0.135. The highest BCUT2D eigenvalue weighted by Gasteiger charge is 2.25. The van der Waals surface area contributed by atoms with Crippen molar-refractivity contribution in [2.24, 2.45) is 0 Å². The van der Waals surface area contributed by atoms with Crippen molar-refractivity contribution < 1.29 is 5.11 Å². The lowest BCUT2D eigenvalue weighted by atomic mass is 9.91. The first-order chi connectivity index (χ1) is 8.55. The van der Waals surface area contributed by atoms with Gasteiger partial charge in [-0.05, 0) is 59.2 Å². The predicted molar refractivity (Wildman–Crippen MR) is 80.0 cm³/mol. The Morgan fingerprint density at radius 1 is 1.22 bits per heavy atom. The predicted octanol–water partition coefficient (Wildman–Crippen LogP) is 2.64. The van der Waals surface area contributed by atoms with E-state index < -0.39 is 0 Å². The lowest BCUT2D eigenvalue weighted by Crippen LogP contribution is -2.49. The Balaban J connectivity index is 4.17. The van der Waals surface area contributed by atoms with Gasteiger partial charge >= 0.3 is 0 Å². The highest BCUT2D eigenvalue weighted by atomic mass is 16.3. The average molecular weight is 258 g/mol. The number of aliphatic hydroxyl groups excluding tert-OH is 1. The molecule has 0 heterocycles. The minimum absolute atomic E-state index is 0.0631. The van der Waals surface area contributed by atoms with E-state index in [2.05, 4.69) is 44.8 Å². The van der Waals surface area contributed by atoms with Gasteiger partial charge in [0, 0.05) is 11.6 Å². The fourth-order valence-electron chi connectivity index (χ4n) is 2.43. The summed E-state index contributed by atoms with van der Waals surface area (Å²) in [6.45, 7) is 14.5. The van der Waals surface area contributed by atoms with Crippen molar-refractivity contribution in [3.05, 3.63) is 0 Å². The van der Waals surface area contributed by atoms with Crippen LogP contribution in [0.3, 0.4) is 0 Å². The summed E-state index contributed by atoms with van der Waals surface area (Å²) in [5.41, 5.74) is -0.0631. The van der Waals surface area contributed by atoms with Crippen LogP contribution in [0.1, 0.15) is 60.3 Å². The number of hydrogen-bond acceptors (Lipinski definition) is 3. The van der Waals surface area contributed by atoms with Crippen LogP contribution in [-0.4, -0.2) is 47.8 Å². The second-order valence-corrected chi connectivity index (χ2v) is 5.54. The number of aliphatic hydroxyl groups is 1. The molecule has 0 amide bonds. The van der Waals surface area contributed by atoms with Crippen molar-refractivity contribution in [3.8, 4) is 0 Å². The van der Waals surface area contributed by atoms with Crippen LogP contribution in [0.2, 0.25) is 0 Å². The summed E-state index contributed by atoms with van der Waals surface area (Å²) in [6.07, 6.45) is 4.33. The number of nitrogens with zero attached hydrogens (tertiary/aromatic N) is 1. The SMILES string of the molecule is CCCNC(CC)(CO)CCCN(CC)C(C)C. The van der Waals surface area contributed by atoms with Crippen LogP contribution in [-0.2, 0) is 0 Å². The van der Waals surface area contributed by atoms with Crippen LogP contribution in [0.25, 0.3) is 0 Å². The molecule has 0 aliphatic rings. The molecule has 2 N–H and O–H groups in total. The minimum Gasteiger partial charge on any atom is -0.394 e. The van der Waals surface area contributed by atoms with E-state index in [0.29, 0.717) is 6.04 Å². The Morgan fingerprint density at radius 2 is 1.89 bits per heavy atom. The normalized spacial score (nSPS) is 15.3. The van der Waals surface area contributed by atoms with E-state index in [-0.39, 0.29) is 12.1 Å². The van der Waals surface area contributed by atoms with Crippen molar-refractivity contribution in [2.45, 2.75) is 71.9 Å². The zero-order valence-corrected chi connectivity index (χ0v) is 13.1. The van der Waals surface area contributed by atoms with Gasteiger partial charge in [0.1, 0.15) is 0 Å². The zero-order chi connectivity index (χ0) is 14.0. The molecule has 0 aromatic carbocycles. The summed E-state index contributed by atoms with van der Waals surface area (Å²) in [6, 6.07) is 0.615. The van der Waals surface area contributed by atoms with Gasteiger partial charge in [0.15, 0.2) is 0 Å². The van der Waals surface area contributed by atoms with E-state index in [0.717, 1.165) is 45.3 Å². The standard InChI is InChI=1S/C15H34N2O/c1-6-11-16-15(7-2,13-18)10-9-12-17(8-3)14(4)5/h14,16,18H,6-13H2,1-5H3. The van der Waals surface area contributed by atoms with Crippen LogP contribution in [0.5, 0.6) is 0 Å². The number of rotatable bonds is 11. The molecule has 0 fully saturated rings. The van der Waals surface area contributed by atoms with Crippen LogP contribution < -0.4 is 5.32 Å². The summed E-state index contributed by atoms with van der Waals surface area (Å²) in [5.74, 6) is 0. The fourth-order valence-corrected chi connectivity index (χ4v) is 2.43. The van der Waals surface area contributed by atoms with Gasteiger partial charge in [-0.2, -0.15) is 0 Å². The third-order valence-corrected chi connectivity index (χ3v) is 3.97. The second kappa shape index (κ2) is 9.76. The molecule has 3 nitrogen and oxygen atoms in total. The van der Waals surface area contributed by atoms with Gasteiger partial charge in [-0.3, -0.25) is 0 Å². The molecule has 3 heteroatoms. The molecular weight excluding hydrogens is 224 g/mol. The van der Waals surface area contributed by atoms with Gasteiger partial charge in [0.25, 0.3) is 0 Å². The van der Waals surface area contributed by atoms with Crippen molar-refractivity contribution >= 4 is 0 Å². The third kappa shape index (κ3) is 6.17. The van der Waals surface area contributed by atoms with E-state index in [1.54, 1.807) is 0 Å². The van der Waals surface area contributed by atoms with Crippen molar-refractivity contribution in [2.75, 3.05) is 26.2 Å². The maximum atomic E-state index is 9.66. The molecule has 0 aromatic rings. The van der Waals surface area contributed by atoms with E-state index in [9.17, 15) is 5.11 Å². The molecule has 18 heavy (non-hydrogen) atoms. The highest BCUT2D eigenvalue weighted by molar-refractivity contribution is 4.86. The van der Waals surface area contributed by atoms with Crippen molar-refractivity contribution in [3.63, 3.8) is 0 Å². The molecule has 0 bridgehead atoms. The van der Waals surface area contributed by atoms with Crippen LogP contribution >= 0.6 is 0 Å². The molecule has 0 saturated heterocycles. The third-order valence-electron chi connectivity index (χ3n) is 3.97. The van der Waals surface area contributed by atoms with Crippen molar-refractivity contribution in [1.82, 2.24) is 10.2 Å². The van der Waals surface area contributed by atoms with E-state index in [1.807, 2.05) is 0 Å². The minimum atomic E-state index is -0.0631. The average Bonchev–Trinajstić information content (AvgIpc) is 2.38. The molecular formula is C15H34N2O. The molecule has 0 spiro atoms. The molecule has 0 rings (SSSR count). The summed E-state index contributed by atoms with van der Waals surface area (Å²) >= 11 is 0. The van der Waals surface area contributed by atoms with Crippen LogP contribution in [0, 0.1) is 0 Å². The summed E-state index contributed by atoms with van der Waals surface area (Å²) < 4.78 is 0. The van der Waals surface area contributed by atoms with Crippen LogP contribution in [0.4, 0.5) is 0 Å².